The van der Waals surface area contributed by atoms with E-state index >= 15 is 0 Å². The molecule has 1 aromatic carbocycles. The maximum absolute atomic E-state index is 6.00. The predicted octanol–water partition coefficient (Wildman–Crippen LogP) is 4.37. The van der Waals surface area contributed by atoms with Gasteiger partial charge in [-0.05, 0) is 23.6 Å². The summed E-state index contributed by atoms with van der Waals surface area (Å²) in [4.78, 5) is 1.36. The quantitative estimate of drug-likeness (QED) is 0.816. The van der Waals surface area contributed by atoms with Crippen molar-refractivity contribution in [1.82, 2.24) is 0 Å². The minimum absolute atomic E-state index is 0.0723. The Morgan fingerprint density at radius 2 is 2.06 bits per heavy atom. The second-order valence-electron chi connectivity index (χ2n) is 4.92. The number of benzene rings is 1. The fourth-order valence-corrected chi connectivity index (χ4v) is 2.78. The number of hydrogen-bond donors (Lipinski definition) is 2. The van der Waals surface area contributed by atoms with Crippen LogP contribution >= 0.6 is 22.9 Å². The van der Waals surface area contributed by atoms with Gasteiger partial charge in [-0.15, -0.1) is 11.3 Å². The summed E-state index contributed by atoms with van der Waals surface area (Å²) in [7, 11) is 0. The van der Waals surface area contributed by atoms with E-state index in [1.807, 2.05) is 12.1 Å². The van der Waals surface area contributed by atoms with Crippen molar-refractivity contribution in [3.05, 3.63) is 45.6 Å². The van der Waals surface area contributed by atoms with Gasteiger partial charge < -0.3 is 11.1 Å². The van der Waals surface area contributed by atoms with Crippen molar-refractivity contribution >= 4 is 34.3 Å². The first-order valence-corrected chi connectivity index (χ1v) is 7.08. The Bertz CT molecular complexity index is 521. The summed E-state index contributed by atoms with van der Waals surface area (Å²) in [5.41, 5.74) is 7.52. The van der Waals surface area contributed by atoms with Gasteiger partial charge in [-0.1, -0.05) is 37.6 Å². The highest BCUT2D eigenvalue weighted by Gasteiger charge is 2.21. The molecule has 1 aromatic heterocycles. The molecule has 0 saturated heterocycles. The Hall–Kier alpha value is -1.19. The standard InChI is InChI=1S/C14H17ClN2S/c1-14(2,12-7-4-8-18-12)9-17-11-6-3-5-10(15)13(11)16/h3-8,17H,9,16H2,1-2H3. The molecule has 1 heterocycles. The van der Waals surface area contributed by atoms with Crippen LogP contribution in [0, 0.1) is 0 Å². The molecule has 0 unspecified atom stereocenters. The summed E-state index contributed by atoms with van der Waals surface area (Å²) < 4.78 is 0. The first-order chi connectivity index (χ1) is 8.50. The zero-order valence-corrected chi connectivity index (χ0v) is 12.1. The maximum atomic E-state index is 6.00. The van der Waals surface area contributed by atoms with E-state index in [-0.39, 0.29) is 5.41 Å². The average molecular weight is 281 g/mol. The minimum atomic E-state index is 0.0723. The summed E-state index contributed by atoms with van der Waals surface area (Å²) >= 11 is 7.78. The van der Waals surface area contributed by atoms with Gasteiger partial charge in [-0.3, -0.25) is 0 Å². The molecule has 2 aromatic rings. The monoisotopic (exact) mass is 280 g/mol. The first kappa shape index (κ1) is 13.2. The number of halogens is 1. The van der Waals surface area contributed by atoms with E-state index in [4.69, 9.17) is 17.3 Å². The van der Waals surface area contributed by atoms with Crippen LogP contribution in [0.2, 0.25) is 5.02 Å². The molecule has 96 valence electrons. The van der Waals surface area contributed by atoms with Crippen LogP contribution in [0.4, 0.5) is 11.4 Å². The topological polar surface area (TPSA) is 38.0 Å². The van der Waals surface area contributed by atoms with Crippen molar-refractivity contribution in [2.75, 3.05) is 17.6 Å². The Balaban J connectivity index is 2.10. The number of para-hydroxylation sites is 1. The number of nitrogens with one attached hydrogen (secondary N) is 1. The van der Waals surface area contributed by atoms with Crippen molar-refractivity contribution in [2.45, 2.75) is 19.3 Å². The molecule has 0 fully saturated rings. The minimum Gasteiger partial charge on any atom is -0.396 e. The number of nitrogens with two attached hydrogens (primary N) is 1. The SMILES string of the molecule is CC(C)(CNc1cccc(Cl)c1N)c1cccs1. The van der Waals surface area contributed by atoms with Gasteiger partial charge in [0.15, 0.2) is 0 Å². The fourth-order valence-electron chi connectivity index (χ4n) is 1.76. The summed E-state index contributed by atoms with van der Waals surface area (Å²) in [6.07, 6.45) is 0. The maximum Gasteiger partial charge on any atom is 0.0739 e. The lowest BCUT2D eigenvalue weighted by Crippen LogP contribution is -2.26. The first-order valence-electron chi connectivity index (χ1n) is 5.82. The van der Waals surface area contributed by atoms with E-state index in [2.05, 4.69) is 36.7 Å². The molecule has 0 spiro atoms. The highest BCUT2D eigenvalue weighted by Crippen LogP contribution is 2.30. The van der Waals surface area contributed by atoms with E-state index in [1.54, 1.807) is 17.4 Å². The van der Waals surface area contributed by atoms with E-state index < -0.39 is 0 Å². The Labute approximate surface area is 117 Å². The molecule has 0 aliphatic carbocycles. The van der Waals surface area contributed by atoms with Gasteiger partial charge in [0.1, 0.15) is 0 Å². The zero-order chi connectivity index (χ0) is 13.2. The van der Waals surface area contributed by atoms with Crippen LogP contribution in [-0.2, 0) is 5.41 Å². The molecule has 0 radical (unpaired) electrons. The molecule has 0 bridgehead atoms. The molecule has 2 nitrogen and oxygen atoms in total. The molecule has 0 saturated carbocycles. The van der Waals surface area contributed by atoms with Crippen LogP contribution in [0.15, 0.2) is 35.7 Å². The summed E-state index contributed by atoms with van der Waals surface area (Å²) in [6.45, 7) is 5.25. The van der Waals surface area contributed by atoms with Crippen LogP contribution < -0.4 is 11.1 Å². The highest BCUT2D eigenvalue weighted by molar-refractivity contribution is 7.10. The summed E-state index contributed by atoms with van der Waals surface area (Å²) in [5, 5.41) is 6.07. The van der Waals surface area contributed by atoms with Crippen molar-refractivity contribution in [1.29, 1.82) is 0 Å². The van der Waals surface area contributed by atoms with Crippen LogP contribution in [-0.4, -0.2) is 6.54 Å². The van der Waals surface area contributed by atoms with Gasteiger partial charge >= 0.3 is 0 Å². The Kier molecular flexibility index (Phi) is 3.83. The second kappa shape index (κ2) is 5.21. The third-order valence-corrected chi connectivity index (χ3v) is 4.53. The molecule has 3 N–H and O–H groups in total. The van der Waals surface area contributed by atoms with Gasteiger partial charge in [0.2, 0.25) is 0 Å². The van der Waals surface area contributed by atoms with Crippen LogP contribution in [0.3, 0.4) is 0 Å². The smallest absolute Gasteiger partial charge is 0.0739 e. The zero-order valence-electron chi connectivity index (χ0n) is 10.5. The van der Waals surface area contributed by atoms with Crippen molar-refractivity contribution in [2.24, 2.45) is 0 Å². The number of hydrogen-bond acceptors (Lipinski definition) is 3. The average Bonchev–Trinajstić information content (AvgIpc) is 2.85. The fraction of sp³-hybridized carbons (Fsp3) is 0.286. The van der Waals surface area contributed by atoms with Crippen molar-refractivity contribution in [3.8, 4) is 0 Å². The molecule has 0 atom stereocenters. The normalized spacial score (nSPS) is 11.5. The Morgan fingerprint density at radius 3 is 2.72 bits per heavy atom. The van der Waals surface area contributed by atoms with Crippen molar-refractivity contribution in [3.63, 3.8) is 0 Å². The van der Waals surface area contributed by atoms with Gasteiger partial charge in [-0.2, -0.15) is 0 Å². The molecule has 2 rings (SSSR count). The van der Waals surface area contributed by atoms with Gasteiger partial charge in [-0.25, -0.2) is 0 Å². The Morgan fingerprint density at radius 1 is 1.28 bits per heavy atom. The molecule has 18 heavy (non-hydrogen) atoms. The molecule has 0 aliphatic heterocycles. The molecular formula is C14H17ClN2S. The van der Waals surface area contributed by atoms with Gasteiger partial charge in [0.05, 0.1) is 16.4 Å². The second-order valence-corrected chi connectivity index (χ2v) is 6.27. The summed E-state index contributed by atoms with van der Waals surface area (Å²) in [6, 6.07) is 9.89. The molecule has 0 aliphatic rings. The lowest BCUT2D eigenvalue weighted by atomic mass is 9.91. The molecule has 0 amide bonds. The van der Waals surface area contributed by atoms with E-state index in [0.717, 1.165) is 12.2 Å². The highest BCUT2D eigenvalue weighted by atomic mass is 35.5. The molecular weight excluding hydrogens is 264 g/mol. The van der Waals surface area contributed by atoms with Gasteiger partial charge in [0, 0.05) is 16.8 Å². The predicted molar refractivity (Wildman–Crippen MR) is 81.7 cm³/mol. The lowest BCUT2D eigenvalue weighted by molar-refractivity contribution is 0.569. The lowest BCUT2D eigenvalue weighted by Gasteiger charge is -2.25. The summed E-state index contributed by atoms with van der Waals surface area (Å²) in [5.74, 6) is 0. The van der Waals surface area contributed by atoms with E-state index in [1.165, 1.54) is 4.88 Å². The van der Waals surface area contributed by atoms with E-state index in [9.17, 15) is 0 Å². The van der Waals surface area contributed by atoms with Crippen LogP contribution in [0.5, 0.6) is 0 Å². The van der Waals surface area contributed by atoms with Crippen LogP contribution in [0.1, 0.15) is 18.7 Å². The number of thiophene rings is 1. The largest absolute Gasteiger partial charge is 0.396 e. The van der Waals surface area contributed by atoms with E-state index in [0.29, 0.717) is 10.7 Å². The third-order valence-electron chi connectivity index (χ3n) is 2.96. The van der Waals surface area contributed by atoms with Crippen LogP contribution in [0.25, 0.3) is 0 Å². The third kappa shape index (κ3) is 2.79. The molecule has 4 heteroatoms. The number of anilines is 2. The van der Waals surface area contributed by atoms with Gasteiger partial charge in [0.25, 0.3) is 0 Å². The van der Waals surface area contributed by atoms with Crippen molar-refractivity contribution < 1.29 is 0 Å². The number of nitrogen functional groups attached to an aromatic ring is 1. The number of rotatable bonds is 4.